The summed E-state index contributed by atoms with van der Waals surface area (Å²) in [6.07, 6.45) is 0. The molecule has 0 heterocycles. The summed E-state index contributed by atoms with van der Waals surface area (Å²) in [6.45, 7) is 5.99. The summed E-state index contributed by atoms with van der Waals surface area (Å²) in [6, 6.07) is 8.90. The second kappa shape index (κ2) is 5.85. The van der Waals surface area contributed by atoms with Crippen molar-refractivity contribution >= 4 is 0 Å². The number of benzene rings is 1. The molecule has 0 atom stereocenters. The fraction of sp³-hybridized carbons (Fsp3) is 0.500. The van der Waals surface area contributed by atoms with Gasteiger partial charge >= 0.3 is 0 Å². The van der Waals surface area contributed by atoms with Gasteiger partial charge in [0, 0.05) is 26.2 Å². The zero-order valence-corrected chi connectivity index (χ0v) is 9.83. The topological polar surface area (TPSA) is 41.3 Å². The molecule has 1 aromatic rings. The lowest BCUT2D eigenvalue weighted by Crippen LogP contribution is -2.27. The molecule has 0 aliphatic heterocycles. The lowest BCUT2D eigenvalue weighted by Gasteiger charge is -2.15. The Kier molecular flexibility index (Phi) is 4.75. The molecule has 0 radical (unpaired) electrons. The van der Waals surface area contributed by atoms with Crippen LogP contribution in [-0.2, 0) is 13.1 Å². The number of nitrogens with zero attached hydrogens (tertiary/aromatic N) is 1. The predicted octanol–water partition coefficient (Wildman–Crippen LogP) is 1.49. The molecule has 0 bridgehead atoms. The van der Waals surface area contributed by atoms with E-state index in [1.165, 1.54) is 11.1 Å². The molecule has 0 saturated carbocycles. The molecule has 0 aliphatic carbocycles. The monoisotopic (exact) mass is 207 g/mol. The Balaban J connectivity index is 2.68. The lowest BCUT2D eigenvalue weighted by molar-refractivity contribution is 0.340. The first-order valence-corrected chi connectivity index (χ1v) is 5.35. The Bertz CT molecular complexity index is 295. The van der Waals surface area contributed by atoms with Crippen LogP contribution in [0.1, 0.15) is 25.0 Å². The number of hydrogen-bond acceptors (Lipinski definition) is 3. The van der Waals surface area contributed by atoms with Gasteiger partial charge in [0.05, 0.1) is 0 Å². The fourth-order valence-corrected chi connectivity index (χ4v) is 1.47. The summed E-state index contributed by atoms with van der Waals surface area (Å²) in [7, 11) is 1.88. The number of hydrazine groups is 1. The Morgan fingerprint density at radius 1 is 1.27 bits per heavy atom. The first kappa shape index (κ1) is 12.2. The molecule has 0 spiro atoms. The number of rotatable bonds is 5. The van der Waals surface area contributed by atoms with Crippen molar-refractivity contribution in [2.45, 2.75) is 33.0 Å². The normalized spacial score (nSPS) is 11.3. The quantitative estimate of drug-likeness (QED) is 0.568. The summed E-state index contributed by atoms with van der Waals surface area (Å²) in [5.74, 6) is 5.66. The van der Waals surface area contributed by atoms with Gasteiger partial charge in [-0.15, -0.1) is 0 Å². The van der Waals surface area contributed by atoms with Gasteiger partial charge < -0.3 is 5.32 Å². The highest BCUT2D eigenvalue weighted by Crippen LogP contribution is 2.09. The fourth-order valence-electron chi connectivity index (χ4n) is 1.47. The van der Waals surface area contributed by atoms with Crippen molar-refractivity contribution in [1.29, 1.82) is 0 Å². The Hall–Kier alpha value is -0.900. The molecule has 0 saturated heterocycles. The minimum absolute atomic E-state index is 0.508. The van der Waals surface area contributed by atoms with Gasteiger partial charge in [0.15, 0.2) is 0 Å². The van der Waals surface area contributed by atoms with E-state index in [9.17, 15) is 0 Å². The first-order chi connectivity index (χ1) is 7.09. The minimum Gasteiger partial charge on any atom is -0.310 e. The van der Waals surface area contributed by atoms with Crippen LogP contribution < -0.4 is 11.2 Å². The van der Waals surface area contributed by atoms with E-state index in [0.29, 0.717) is 6.04 Å². The van der Waals surface area contributed by atoms with Gasteiger partial charge in [-0.25, -0.2) is 5.01 Å². The van der Waals surface area contributed by atoms with E-state index in [1.54, 1.807) is 5.01 Å². The molecule has 15 heavy (non-hydrogen) atoms. The maximum absolute atomic E-state index is 5.66. The molecular formula is C12H21N3. The van der Waals surface area contributed by atoms with E-state index in [2.05, 4.69) is 43.4 Å². The van der Waals surface area contributed by atoms with E-state index >= 15 is 0 Å². The van der Waals surface area contributed by atoms with E-state index in [4.69, 9.17) is 5.84 Å². The first-order valence-electron chi connectivity index (χ1n) is 5.35. The zero-order chi connectivity index (χ0) is 11.3. The number of hydrogen-bond donors (Lipinski definition) is 2. The Labute approximate surface area is 92.2 Å². The van der Waals surface area contributed by atoms with Crippen molar-refractivity contribution in [3.8, 4) is 0 Å². The molecule has 3 heteroatoms. The van der Waals surface area contributed by atoms with E-state index in [0.717, 1.165) is 13.1 Å². The lowest BCUT2D eigenvalue weighted by atomic mass is 10.1. The standard InChI is InChI=1S/C12H21N3/c1-10(2)14-8-11-6-4-5-7-12(11)9-15(3)13/h4-7,10,14H,8-9,13H2,1-3H3. The third-order valence-electron chi connectivity index (χ3n) is 2.24. The average Bonchev–Trinajstić information content (AvgIpc) is 2.15. The van der Waals surface area contributed by atoms with Crippen LogP contribution in [-0.4, -0.2) is 18.1 Å². The minimum atomic E-state index is 0.508. The van der Waals surface area contributed by atoms with Gasteiger partial charge in [0.2, 0.25) is 0 Å². The van der Waals surface area contributed by atoms with Crippen LogP contribution >= 0.6 is 0 Å². The summed E-state index contributed by atoms with van der Waals surface area (Å²) < 4.78 is 0. The number of nitrogens with two attached hydrogens (primary N) is 1. The van der Waals surface area contributed by atoms with Crippen LogP contribution in [0, 0.1) is 0 Å². The van der Waals surface area contributed by atoms with Crippen LogP contribution in [0.2, 0.25) is 0 Å². The van der Waals surface area contributed by atoms with Crippen LogP contribution in [0.4, 0.5) is 0 Å². The Morgan fingerprint density at radius 2 is 1.87 bits per heavy atom. The van der Waals surface area contributed by atoms with Crippen LogP contribution in [0.3, 0.4) is 0 Å². The van der Waals surface area contributed by atoms with Crippen molar-refractivity contribution in [2.75, 3.05) is 7.05 Å². The summed E-state index contributed by atoms with van der Waals surface area (Å²) in [5, 5.41) is 5.12. The molecule has 84 valence electrons. The van der Waals surface area contributed by atoms with Gasteiger partial charge in [-0.3, -0.25) is 5.84 Å². The highest BCUT2D eigenvalue weighted by atomic mass is 15.4. The Morgan fingerprint density at radius 3 is 2.40 bits per heavy atom. The molecule has 0 aliphatic rings. The molecule has 1 aromatic carbocycles. The predicted molar refractivity (Wildman–Crippen MR) is 64.1 cm³/mol. The summed E-state index contributed by atoms with van der Waals surface area (Å²) in [4.78, 5) is 0. The second-order valence-electron chi connectivity index (χ2n) is 4.22. The van der Waals surface area contributed by atoms with Crippen LogP contribution in [0.5, 0.6) is 0 Å². The van der Waals surface area contributed by atoms with Crippen molar-refractivity contribution in [1.82, 2.24) is 10.3 Å². The van der Waals surface area contributed by atoms with Crippen LogP contribution in [0.15, 0.2) is 24.3 Å². The summed E-state index contributed by atoms with van der Waals surface area (Å²) in [5.41, 5.74) is 2.61. The average molecular weight is 207 g/mol. The molecule has 0 unspecified atom stereocenters. The maximum atomic E-state index is 5.66. The van der Waals surface area contributed by atoms with Crippen molar-refractivity contribution in [3.05, 3.63) is 35.4 Å². The van der Waals surface area contributed by atoms with E-state index in [1.807, 2.05) is 7.05 Å². The van der Waals surface area contributed by atoms with Crippen molar-refractivity contribution in [3.63, 3.8) is 0 Å². The maximum Gasteiger partial charge on any atom is 0.0379 e. The molecule has 0 aromatic heterocycles. The molecular weight excluding hydrogens is 186 g/mol. The molecule has 0 amide bonds. The highest BCUT2D eigenvalue weighted by molar-refractivity contribution is 5.26. The highest BCUT2D eigenvalue weighted by Gasteiger charge is 2.03. The zero-order valence-electron chi connectivity index (χ0n) is 9.83. The van der Waals surface area contributed by atoms with Crippen molar-refractivity contribution in [2.24, 2.45) is 5.84 Å². The number of nitrogens with one attached hydrogen (secondary N) is 1. The van der Waals surface area contributed by atoms with Gasteiger partial charge in [-0.05, 0) is 11.1 Å². The van der Waals surface area contributed by atoms with E-state index < -0.39 is 0 Å². The second-order valence-corrected chi connectivity index (χ2v) is 4.22. The van der Waals surface area contributed by atoms with Crippen LogP contribution in [0.25, 0.3) is 0 Å². The third-order valence-corrected chi connectivity index (χ3v) is 2.24. The molecule has 3 N–H and O–H groups in total. The summed E-state index contributed by atoms with van der Waals surface area (Å²) >= 11 is 0. The largest absolute Gasteiger partial charge is 0.310 e. The van der Waals surface area contributed by atoms with Gasteiger partial charge in [-0.2, -0.15) is 0 Å². The smallest absolute Gasteiger partial charge is 0.0379 e. The van der Waals surface area contributed by atoms with Gasteiger partial charge in [-0.1, -0.05) is 38.1 Å². The molecule has 1 rings (SSSR count). The molecule has 0 fully saturated rings. The van der Waals surface area contributed by atoms with Crippen molar-refractivity contribution < 1.29 is 0 Å². The van der Waals surface area contributed by atoms with E-state index in [-0.39, 0.29) is 0 Å². The third kappa shape index (κ3) is 4.42. The van der Waals surface area contributed by atoms with Gasteiger partial charge in [0.1, 0.15) is 0 Å². The molecule has 3 nitrogen and oxygen atoms in total. The van der Waals surface area contributed by atoms with Gasteiger partial charge in [0.25, 0.3) is 0 Å². The SMILES string of the molecule is CC(C)NCc1ccccc1CN(C)N.